The van der Waals surface area contributed by atoms with E-state index in [0.717, 1.165) is 4.88 Å². The number of amides is 1. The third-order valence-corrected chi connectivity index (χ3v) is 5.35. The van der Waals surface area contributed by atoms with Gasteiger partial charge < -0.3 is 10.1 Å². The number of hydrogen-bond donors (Lipinski definition) is 1. The van der Waals surface area contributed by atoms with Crippen molar-refractivity contribution in [1.82, 2.24) is 14.5 Å². The van der Waals surface area contributed by atoms with E-state index in [9.17, 15) is 9.59 Å². The molecule has 2 heterocycles. The minimum Gasteiger partial charge on any atom is -0.383 e. The molecule has 0 unspecified atom stereocenters. The van der Waals surface area contributed by atoms with Crippen LogP contribution in [0.3, 0.4) is 0 Å². The lowest BCUT2D eigenvalue weighted by Gasteiger charge is -2.12. The van der Waals surface area contributed by atoms with Crippen molar-refractivity contribution in [2.75, 3.05) is 24.8 Å². The number of carbonyl (C=O) groups is 1. The number of thioether (sulfide) groups is 1. The second kappa shape index (κ2) is 8.43. The predicted molar refractivity (Wildman–Crippen MR) is 104 cm³/mol. The Bertz CT molecular complexity index is 984. The largest absolute Gasteiger partial charge is 0.383 e. The van der Waals surface area contributed by atoms with E-state index in [2.05, 4.69) is 15.3 Å². The number of nitrogens with zero attached hydrogens (tertiary/aromatic N) is 3. The predicted octanol–water partition coefficient (Wildman–Crippen LogP) is 2.54. The van der Waals surface area contributed by atoms with E-state index in [0.29, 0.717) is 34.3 Å². The Hall–Kier alpha value is -2.23. The van der Waals surface area contributed by atoms with Crippen molar-refractivity contribution in [3.63, 3.8) is 0 Å². The number of nitrogens with one attached hydrogen (secondary N) is 1. The Balaban J connectivity index is 1.81. The van der Waals surface area contributed by atoms with Crippen LogP contribution >= 0.6 is 23.1 Å². The Kier molecular flexibility index (Phi) is 6.02. The number of rotatable bonds is 7. The van der Waals surface area contributed by atoms with Crippen molar-refractivity contribution in [1.29, 1.82) is 0 Å². The van der Waals surface area contributed by atoms with Crippen LogP contribution in [0.25, 0.3) is 10.9 Å². The van der Waals surface area contributed by atoms with Gasteiger partial charge in [0.25, 0.3) is 5.56 Å². The molecule has 3 aromatic rings. The first kappa shape index (κ1) is 18.6. The van der Waals surface area contributed by atoms with Crippen LogP contribution in [-0.2, 0) is 16.1 Å². The van der Waals surface area contributed by atoms with Gasteiger partial charge in [-0.25, -0.2) is 9.97 Å². The van der Waals surface area contributed by atoms with Gasteiger partial charge in [0.05, 0.1) is 29.8 Å². The third-order valence-electron chi connectivity index (χ3n) is 3.55. The third kappa shape index (κ3) is 4.29. The number of fused-ring (bicyclic) bond motifs is 1. The minimum atomic E-state index is -0.190. The molecule has 0 aliphatic carbocycles. The molecule has 9 heteroatoms. The maximum Gasteiger partial charge on any atom is 0.262 e. The molecule has 0 atom stereocenters. The number of para-hydroxylation sites is 1. The fourth-order valence-corrected chi connectivity index (χ4v) is 3.84. The zero-order valence-electron chi connectivity index (χ0n) is 14.4. The summed E-state index contributed by atoms with van der Waals surface area (Å²) in [5.41, 5.74) is 0.482. The molecule has 0 radical (unpaired) electrons. The first-order valence-corrected chi connectivity index (χ1v) is 9.72. The Morgan fingerprint density at radius 2 is 2.19 bits per heavy atom. The SMILES string of the molecule is COCCn1c(SCC(=O)Nc2ncc(C)s2)nc2ccccc2c1=O. The van der Waals surface area contributed by atoms with Gasteiger partial charge in [-0.3, -0.25) is 14.2 Å². The van der Waals surface area contributed by atoms with Crippen LogP contribution in [0.15, 0.2) is 40.4 Å². The van der Waals surface area contributed by atoms with Crippen LogP contribution in [-0.4, -0.2) is 39.9 Å². The zero-order valence-corrected chi connectivity index (χ0v) is 16.0. The number of thiazole rings is 1. The lowest BCUT2D eigenvalue weighted by molar-refractivity contribution is -0.113. The lowest BCUT2D eigenvalue weighted by Crippen LogP contribution is -2.26. The topological polar surface area (TPSA) is 86.1 Å². The van der Waals surface area contributed by atoms with Crippen molar-refractivity contribution in [3.8, 4) is 0 Å². The van der Waals surface area contributed by atoms with Gasteiger partial charge in [0.1, 0.15) is 0 Å². The molecule has 0 fully saturated rings. The summed E-state index contributed by atoms with van der Waals surface area (Å²) >= 11 is 2.64. The summed E-state index contributed by atoms with van der Waals surface area (Å²) < 4.78 is 6.64. The summed E-state index contributed by atoms with van der Waals surface area (Å²) in [6.45, 7) is 2.69. The van der Waals surface area contributed by atoms with E-state index in [4.69, 9.17) is 4.74 Å². The van der Waals surface area contributed by atoms with E-state index in [-0.39, 0.29) is 17.2 Å². The van der Waals surface area contributed by atoms with Gasteiger partial charge in [0.15, 0.2) is 10.3 Å². The molecule has 1 N–H and O–H groups in total. The molecule has 0 saturated heterocycles. The molecule has 1 aromatic carbocycles. The monoisotopic (exact) mass is 390 g/mol. The second-order valence-electron chi connectivity index (χ2n) is 5.47. The van der Waals surface area contributed by atoms with Crippen LogP contribution in [0.2, 0.25) is 0 Å². The summed E-state index contributed by atoms with van der Waals surface area (Å²) in [7, 11) is 1.58. The van der Waals surface area contributed by atoms with Crippen molar-refractivity contribution < 1.29 is 9.53 Å². The molecule has 3 rings (SSSR count). The normalized spacial score (nSPS) is 11.0. The highest BCUT2D eigenvalue weighted by molar-refractivity contribution is 7.99. The molecule has 2 aromatic heterocycles. The molecule has 7 nitrogen and oxygen atoms in total. The maximum atomic E-state index is 12.7. The van der Waals surface area contributed by atoms with Crippen LogP contribution < -0.4 is 10.9 Å². The zero-order chi connectivity index (χ0) is 18.5. The van der Waals surface area contributed by atoms with Gasteiger partial charge in [-0.2, -0.15) is 0 Å². The van der Waals surface area contributed by atoms with E-state index in [1.54, 1.807) is 30.0 Å². The molecule has 0 bridgehead atoms. The highest BCUT2D eigenvalue weighted by Crippen LogP contribution is 2.20. The molecule has 26 heavy (non-hydrogen) atoms. The van der Waals surface area contributed by atoms with E-state index in [1.165, 1.54) is 23.1 Å². The molecule has 0 saturated carbocycles. The van der Waals surface area contributed by atoms with Gasteiger partial charge in [-0.1, -0.05) is 23.9 Å². The van der Waals surface area contributed by atoms with Crippen LogP contribution in [0.1, 0.15) is 4.88 Å². The van der Waals surface area contributed by atoms with Gasteiger partial charge in [0.2, 0.25) is 5.91 Å². The van der Waals surface area contributed by atoms with Crippen molar-refractivity contribution in [3.05, 3.63) is 45.7 Å². The molecule has 1 amide bonds. The molecule has 136 valence electrons. The second-order valence-corrected chi connectivity index (χ2v) is 7.65. The number of anilines is 1. The first-order chi connectivity index (χ1) is 12.6. The number of carbonyl (C=O) groups excluding carboxylic acids is 1. The molecule has 0 aliphatic rings. The number of ether oxygens (including phenoxy) is 1. The van der Waals surface area contributed by atoms with E-state index in [1.807, 2.05) is 19.1 Å². The van der Waals surface area contributed by atoms with Crippen molar-refractivity contribution in [2.24, 2.45) is 0 Å². The van der Waals surface area contributed by atoms with Crippen LogP contribution in [0.4, 0.5) is 5.13 Å². The maximum absolute atomic E-state index is 12.7. The summed E-state index contributed by atoms with van der Waals surface area (Å²) in [6.07, 6.45) is 1.71. The van der Waals surface area contributed by atoms with Crippen LogP contribution in [0.5, 0.6) is 0 Å². The van der Waals surface area contributed by atoms with Gasteiger partial charge in [0, 0.05) is 18.2 Å². The van der Waals surface area contributed by atoms with Crippen molar-refractivity contribution in [2.45, 2.75) is 18.6 Å². The summed E-state index contributed by atoms with van der Waals surface area (Å²) in [6, 6.07) is 7.18. The van der Waals surface area contributed by atoms with Crippen LogP contribution in [0, 0.1) is 6.92 Å². The molecule has 0 aliphatic heterocycles. The van der Waals surface area contributed by atoms with E-state index >= 15 is 0 Å². The summed E-state index contributed by atoms with van der Waals surface area (Å²) in [5.74, 6) is -0.0545. The molecule has 0 spiro atoms. The molecular formula is C17H18N4O3S2. The average Bonchev–Trinajstić information content (AvgIpc) is 3.04. The average molecular weight is 390 g/mol. The molecular weight excluding hydrogens is 372 g/mol. The Labute approximate surface area is 158 Å². The number of benzene rings is 1. The quantitative estimate of drug-likeness (QED) is 0.493. The summed E-state index contributed by atoms with van der Waals surface area (Å²) in [5, 5.41) is 4.37. The first-order valence-electron chi connectivity index (χ1n) is 7.92. The highest BCUT2D eigenvalue weighted by atomic mass is 32.2. The summed E-state index contributed by atoms with van der Waals surface area (Å²) in [4.78, 5) is 34.6. The Morgan fingerprint density at radius 3 is 2.92 bits per heavy atom. The number of aryl methyl sites for hydroxylation is 1. The van der Waals surface area contributed by atoms with Gasteiger partial charge in [-0.15, -0.1) is 11.3 Å². The highest BCUT2D eigenvalue weighted by Gasteiger charge is 2.13. The van der Waals surface area contributed by atoms with Gasteiger partial charge >= 0.3 is 0 Å². The number of methoxy groups -OCH3 is 1. The number of hydrogen-bond acceptors (Lipinski definition) is 7. The lowest BCUT2D eigenvalue weighted by atomic mass is 10.2. The van der Waals surface area contributed by atoms with Gasteiger partial charge in [-0.05, 0) is 19.1 Å². The minimum absolute atomic E-state index is 0.133. The standard InChI is InChI=1S/C17H18N4O3S2/c1-11-9-18-16(26-11)20-14(22)10-25-17-19-13-6-4-3-5-12(13)15(23)21(17)7-8-24-2/h3-6,9H,7-8,10H2,1-2H3,(H,18,20,22). The van der Waals surface area contributed by atoms with E-state index < -0.39 is 0 Å². The smallest absolute Gasteiger partial charge is 0.262 e. The van der Waals surface area contributed by atoms with Crippen molar-refractivity contribution >= 4 is 45.0 Å². The number of aromatic nitrogens is 3. The fourth-order valence-electron chi connectivity index (χ4n) is 2.34. The fraction of sp³-hybridized carbons (Fsp3) is 0.294. The Morgan fingerprint density at radius 1 is 1.38 bits per heavy atom.